The lowest BCUT2D eigenvalue weighted by Gasteiger charge is -2.11. The summed E-state index contributed by atoms with van der Waals surface area (Å²) < 4.78 is 0.898. The minimum absolute atomic E-state index is 0.145. The molecule has 0 heterocycles. The largest absolute Gasteiger partial charge is 0.332 e. The van der Waals surface area contributed by atoms with E-state index in [9.17, 15) is 9.59 Å². The van der Waals surface area contributed by atoms with Crippen LogP contribution in [0.4, 0.5) is 11.4 Å². The predicted octanol–water partition coefficient (Wildman–Crippen LogP) is 4.03. The zero-order chi connectivity index (χ0) is 17.7. The summed E-state index contributed by atoms with van der Waals surface area (Å²) in [6.45, 7) is 1.44. The summed E-state index contributed by atoms with van der Waals surface area (Å²) in [5.74, 6) is -0.529. The van der Waals surface area contributed by atoms with Gasteiger partial charge in [0.25, 0.3) is 5.91 Å². The molecule has 5 nitrogen and oxygen atoms in total. The first-order valence-corrected chi connectivity index (χ1v) is 8.66. The fourth-order valence-electron chi connectivity index (χ4n) is 1.84. The number of carbonyl (C=O) groups is 2. The second-order valence-corrected chi connectivity index (χ2v) is 6.85. The highest BCUT2D eigenvalue weighted by Gasteiger charge is 2.12. The Hall–Kier alpha value is -1.71. The minimum atomic E-state index is -0.383. The van der Waals surface area contributed by atoms with Gasteiger partial charge in [0.1, 0.15) is 0 Å². The maximum absolute atomic E-state index is 12.2. The molecule has 0 atom stereocenters. The van der Waals surface area contributed by atoms with Crippen molar-refractivity contribution in [1.29, 1.82) is 0 Å². The Morgan fingerprint density at radius 2 is 1.62 bits per heavy atom. The number of thiocarbonyl (C=S) groups is 1. The number of hydrogen-bond donors (Lipinski definition) is 3. The van der Waals surface area contributed by atoms with Crippen molar-refractivity contribution in [2.24, 2.45) is 0 Å². The van der Waals surface area contributed by atoms with E-state index >= 15 is 0 Å². The van der Waals surface area contributed by atoms with Crippen LogP contribution in [0.5, 0.6) is 0 Å². The van der Waals surface area contributed by atoms with Gasteiger partial charge in [-0.15, -0.1) is 0 Å². The van der Waals surface area contributed by atoms with E-state index in [1.807, 2.05) is 6.07 Å². The zero-order valence-corrected chi connectivity index (χ0v) is 16.3. The van der Waals surface area contributed by atoms with Gasteiger partial charge in [-0.1, -0.05) is 11.6 Å². The lowest BCUT2D eigenvalue weighted by molar-refractivity contribution is -0.114. The van der Waals surface area contributed by atoms with E-state index < -0.39 is 0 Å². The summed E-state index contributed by atoms with van der Waals surface area (Å²) in [7, 11) is 0. The van der Waals surface area contributed by atoms with E-state index in [2.05, 4.69) is 38.5 Å². The Kier molecular flexibility index (Phi) is 6.52. The monoisotopic (exact) mass is 473 g/mol. The molecule has 124 valence electrons. The number of rotatable bonds is 3. The highest BCUT2D eigenvalue weighted by Crippen LogP contribution is 2.19. The van der Waals surface area contributed by atoms with Gasteiger partial charge in [-0.3, -0.25) is 14.9 Å². The molecule has 0 fully saturated rings. The first kappa shape index (κ1) is 18.6. The van der Waals surface area contributed by atoms with Crippen molar-refractivity contribution in [2.75, 3.05) is 10.6 Å². The lowest BCUT2D eigenvalue weighted by Crippen LogP contribution is -2.34. The van der Waals surface area contributed by atoms with E-state index in [0.717, 1.165) is 3.57 Å². The van der Waals surface area contributed by atoms with Gasteiger partial charge >= 0.3 is 0 Å². The first-order chi connectivity index (χ1) is 11.3. The fourth-order valence-corrected chi connectivity index (χ4v) is 2.75. The zero-order valence-electron chi connectivity index (χ0n) is 12.5. The smallest absolute Gasteiger partial charge is 0.258 e. The van der Waals surface area contributed by atoms with Crippen LogP contribution < -0.4 is 16.0 Å². The maximum Gasteiger partial charge on any atom is 0.258 e. The number of nitrogens with one attached hydrogen (secondary N) is 3. The Morgan fingerprint density at radius 1 is 1.04 bits per heavy atom. The van der Waals surface area contributed by atoms with Crippen LogP contribution in [0.3, 0.4) is 0 Å². The van der Waals surface area contributed by atoms with Crippen LogP contribution in [-0.4, -0.2) is 16.9 Å². The number of amides is 2. The summed E-state index contributed by atoms with van der Waals surface area (Å²) in [4.78, 5) is 23.2. The van der Waals surface area contributed by atoms with E-state index in [4.69, 9.17) is 23.8 Å². The number of benzene rings is 2. The third-order valence-corrected chi connectivity index (χ3v) is 4.07. The molecule has 0 aliphatic carbocycles. The van der Waals surface area contributed by atoms with Crippen molar-refractivity contribution in [2.45, 2.75) is 6.92 Å². The van der Waals surface area contributed by atoms with Gasteiger partial charge in [0.2, 0.25) is 5.91 Å². The molecule has 2 rings (SSSR count). The quantitative estimate of drug-likeness (QED) is 0.465. The molecule has 0 saturated heterocycles. The molecular formula is C16H13ClIN3O2S. The van der Waals surface area contributed by atoms with Gasteiger partial charge in [-0.25, -0.2) is 0 Å². The molecule has 2 aromatic carbocycles. The Labute approximate surface area is 163 Å². The molecular weight excluding hydrogens is 461 g/mol. The van der Waals surface area contributed by atoms with Gasteiger partial charge in [-0.2, -0.15) is 0 Å². The SMILES string of the molecule is CC(=O)Nc1ccc(NC(=S)NC(=O)c2cc(I)ccc2Cl)cc1. The Bertz CT molecular complexity index is 796. The van der Waals surface area contributed by atoms with Crippen molar-refractivity contribution in [3.05, 3.63) is 56.6 Å². The normalized spacial score (nSPS) is 9.96. The molecule has 2 amide bonds. The molecule has 0 radical (unpaired) electrons. The maximum atomic E-state index is 12.2. The van der Waals surface area contributed by atoms with E-state index in [1.54, 1.807) is 36.4 Å². The van der Waals surface area contributed by atoms with Crippen LogP contribution in [-0.2, 0) is 4.79 Å². The molecule has 3 N–H and O–H groups in total. The van der Waals surface area contributed by atoms with Crippen molar-refractivity contribution in [1.82, 2.24) is 5.32 Å². The summed E-state index contributed by atoms with van der Waals surface area (Å²) in [5.41, 5.74) is 1.71. The van der Waals surface area contributed by atoms with Gasteiger partial charge in [0, 0.05) is 21.9 Å². The lowest BCUT2D eigenvalue weighted by atomic mass is 10.2. The van der Waals surface area contributed by atoms with Crippen molar-refractivity contribution < 1.29 is 9.59 Å². The van der Waals surface area contributed by atoms with Crippen LogP contribution in [0.1, 0.15) is 17.3 Å². The average molecular weight is 474 g/mol. The molecule has 0 aliphatic heterocycles. The molecule has 8 heteroatoms. The predicted molar refractivity (Wildman–Crippen MR) is 109 cm³/mol. The molecule has 0 spiro atoms. The van der Waals surface area contributed by atoms with E-state index in [0.29, 0.717) is 22.0 Å². The average Bonchev–Trinajstić information content (AvgIpc) is 2.51. The highest BCUT2D eigenvalue weighted by molar-refractivity contribution is 14.1. The van der Waals surface area contributed by atoms with Crippen LogP contribution in [0, 0.1) is 3.57 Å². The van der Waals surface area contributed by atoms with Crippen LogP contribution in [0.2, 0.25) is 5.02 Å². The van der Waals surface area contributed by atoms with Crippen molar-refractivity contribution >= 4 is 74.7 Å². The molecule has 0 unspecified atom stereocenters. The van der Waals surface area contributed by atoms with Crippen LogP contribution >= 0.6 is 46.4 Å². The summed E-state index contributed by atoms with van der Waals surface area (Å²) in [6.07, 6.45) is 0. The Balaban J connectivity index is 1.98. The highest BCUT2D eigenvalue weighted by atomic mass is 127. The van der Waals surface area contributed by atoms with Crippen molar-refractivity contribution in [3.8, 4) is 0 Å². The minimum Gasteiger partial charge on any atom is -0.332 e. The topological polar surface area (TPSA) is 70.2 Å². The molecule has 0 aromatic heterocycles. The van der Waals surface area contributed by atoms with Crippen LogP contribution in [0.15, 0.2) is 42.5 Å². The second kappa shape index (κ2) is 8.41. The van der Waals surface area contributed by atoms with Gasteiger partial charge in [0.15, 0.2) is 5.11 Å². The number of carbonyl (C=O) groups excluding carboxylic acids is 2. The summed E-state index contributed by atoms with van der Waals surface area (Å²) >= 11 is 13.3. The first-order valence-electron chi connectivity index (χ1n) is 6.80. The second-order valence-electron chi connectivity index (χ2n) is 4.79. The molecule has 24 heavy (non-hydrogen) atoms. The van der Waals surface area contributed by atoms with E-state index in [1.165, 1.54) is 6.92 Å². The third-order valence-electron chi connectivity index (χ3n) is 2.86. The van der Waals surface area contributed by atoms with Gasteiger partial charge in [0.05, 0.1) is 10.6 Å². The number of hydrogen-bond acceptors (Lipinski definition) is 3. The molecule has 0 saturated carbocycles. The van der Waals surface area contributed by atoms with E-state index in [-0.39, 0.29) is 16.9 Å². The molecule has 0 aliphatic rings. The van der Waals surface area contributed by atoms with Gasteiger partial charge < -0.3 is 10.6 Å². The number of anilines is 2. The molecule has 2 aromatic rings. The third kappa shape index (κ3) is 5.43. The summed E-state index contributed by atoms with van der Waals surface area (Å²) in [5, 5.41) is 8.66. The molecule has 0 bridgehead atoms. The Morgan fingerprint density at radius 3 is 2.21 bits per heavy atom. The van der Waals surface area contributed by atoms with Crippen molar-refractivity contribution in [3.63, 3.8) is 0 Å². The standard InChI is InChI=1S/C16H13ClIN3O2S/c1-9(22)19-11-3-5-12(6-4-11)20-16(24)21-15(23)13-8-10(18)2-7-14(13)17/h2-8H,1H3,(H,19,22)(H2,20,21,23,24). The summed E-state index contributed by atoms with van der Waals surface area (Å²) in [6, 6.07) is 12.1. The number of halogens is 2. The fraction of sp³-hybridized carbons (Fsp3) is 0.0625. The van der Waals surface area contributed by atoms with Gasteiger partial charge in [-0.05, 0) is 77.3 Å². The van der Waals surface area contributed by atoms with Crippen LogP contribution in [0.25, 0.3) is 0 Å².